The lowest BCUT2D eigenvalue weighted by molar-refractivity contribution is 0.176. The van der Waals surface area contributed by atoms with Gasteiger partial charge in [-0.2, -0.15) is 4.98 Å². The smallest absolute Gasteiger partial charge is 0.381 e. The summed E-state index contributed by atoms with van der Waals surface area (Å²) in [5, 5.41) is 10.7. The Kier molecular flexibility index (Phi) is 2.91. The molecule has 0 aliphatic heterocycles. The summed E-state index contributed by atoms with van der Waals surface area (Å²) < 4.78 is 14.3. The van der Waals surface area contributed by atoms with Crippen LogP contribution in [0.5, 0.6) is 0 Å². The molecule has 0 saturated carbocycles. The molecule has 0 aliphatic carbocycles. The summed E-state index contributed by atoms with van der Waals surface area (Å²) in [5.74, 6) is -0.554. The van der Waals surface area contributed by atoms with Crippen molar-refractivity contribution >= 4 is 22.5 Å². The van der Waals surface area contributed by atoms with Crippen molar-refractivity contribution in [2.45, 2.75) is 0 Å². The predicted molar refractivity (Wildman–Crippen MR) is 73.6 cm³/mol. The van der Waals surface area contributed by atoms with Gasteiger partial charge in [0.05, 0.1) is 5.52 Å². The maximum Gasteiger partial charge on any atom is 0.381 e. The van der Waals surface area contributed by atoms with Gasteiger partial charge in [-0.25, -0.2) is 9.18 Å². The molecule has 0 radical (unpaired) electrons. The van der Waals surface area contributed by atoms with Crippen molar-refractivity contribution in [1.29, 1.82) is 0 Å². The number of benzene rings is 2. The molecule has 0 atom stereocenters. The lowest BCUT2D eigenvalue weighted by atomic mass is 10.1. The predicted octanol–water partition coefficient (Wildman–Crippen LogP) is 3.09. The highest BCUT2D eigenvalue weighted by Gasteiger charge is 2.16. The first kappa shape index (κ1) is 12.6. The summed E-state index contributed by atoms with van der Waals surface area (Å²) in [6.45, 7) is 0. The summed E-state index contributed by atoms with van der Waals surface area (Å²) in [6, 6.07) is 10.5. The first-order valence-corrected chi connectivity index (χ1v) is 6.12. The molecular weight excluding hydrogens is 283 g/mol. The van der Waals surface area contributed by atoms with Crippen molar-refractivity contribution < 1.29 is 9.60 Å². The average molecular weight is 291 g/mol. The van der Waals surface area contributed by atoms with Crippen molar-refractivity contribution in [2.24, 2.45) is 0 Å². The molecule has 0 fully saturated rings. The zero-order chi connectivity index (χ0) is 14.3. The Bertz CT molecular complexity index is 877. The van der Waals surface area contributed by atoms with Crippen molar-refractivity contribution in [2.75, 3.05) is 0 Å². The summed E-state index contributed by atoms with van der Waals surface area (Å²) in [6.07, 6.45) is 0. The highest BCUT2D eigenvalue weighted by Crippen LogP contribution is 2.29. The fourth-order valence-electron chi connectivity index (χ4n) is 2.07. The van der Waals surface area contributed by atoms with Gasteiger partial charge in [-0.1, -0.05) is 23.7 Å². The zero-order valence-corrected chi connectivity index (χ0v) is 10.8. The number of fused-ring (bicyclic) bond motifs is 1. The minimum atomic E-state index is -0.877. The van der Waals surface area contributed by atoms with Gasteiger partial charge < -0.3 is 5.21 Å². The van der Waals surface area contributed by atoms with Gasteiger partial charge in [-0.05, 0) is 30.3 Å². The van der Waals surface area contributed by atoms with Crippen LogP contribution in [-0.2, 0) is 0 Å². The summed E-state index contributed by atoms with van der Waals surface area (Å²) >= 11 is 5.92. The summed E-state index contributed by atoms with van der Waals surface area (Å²) in [5.41, 5.74) is -0.414. The van der Waals surface area contributed by atoms with Crippen LogP contribution in [0.25, 0.3) is 22.2 Å². The second-order valence-corrected chi connectivity index (χ2v) is 4.63. The van der Waals surface area contributed by atoms with Gasteiger partial charge in [0.15, 0.2) is 0 Å². The van der Waals surface area contributed by atoms with E-state index in [2.05, 4.69) is 4.98 Å². The molecular formula is C14H8ClFN2O2. The molecule has 20 heavy (non-hydrogen) atoms. The van der Waals surface area contributed by atoms with E-state index in [-0.39, 0.29) is 11.3 Å². The highest BCUT2D eigenvalue weighted by atomic mass is 35.5. The lowest BCUT2D eigenvalue weighted by Gasteiger charge is -2.10. The van der Waals surface area contributed by atoms with Crippen LogP contribution < -0.4 is 5.69 Å². The van der Waals surface area contributed by atoms with Crippen molar-refractivity contribution in [3.8, 4) is 11.3 Å². The summed E-state index contributed by atoms with van der Waals surface area (Å²) in [4.78, 5) is 15.4. The summed E-state index contributed by atoms with van der Waals surface area (Å²) in [7, 11) is 0. The average Bonchev–Trinajstić information content (AvgIpc) is 2.42. The molecule has 1 N–H and O–H groups in total. The Morgan fingerprint density at radius 3 is 2.70 bits per heavy atom. The van der Waals surface area contributed by atoms with Crippen LogP contribution in [0.15, 0.2) is 47.3 Å². The Hall–Kier alpha value is -2.40. The SMILES string of the molecule is O=c1nc2ccc(Cl)cc2c(-c2ccccc2F)n1O. The van der Waals surface area contributed by atoms with Gasteiger partial charge in [0.2, 0.25) is 0 Å². The van der Waals surface area contributed by atoms with E-state index in [0.717, 1.165) is 0 Å². The van der Waals surface area contributed by atoms with E-state index < -0.39 is 11.5 Å². The number of hydrogen-bond donors (Lipinski definition) is 1. The van der Waals surface area contributed by atoms with E-state index in [9.17, 15) is 14.4 Å². The van der Waals surface area contributed by atoms with Gasteiger partial charge in [0.25, 0.3) is 0 Å². The molecule has 0 amide bonds. The van der Waals surface area contributed by atoms with Gasteiger partial charge >= 0.3 is 5.69 Å². The van der Waals surface area contributed by atoms with Crippen LogP contribution in [0.3, 0.4) is 0 Å². The van der Waals surface area contributed by atoms with Crippen LogP contribution >= 0.6 is 11.6 Å². The van der Waals surface area contributed by atoms with Gasteiger partial charge in [-0.3, -0.25) is 0 Å². The molecule has 1 aromatic heterocycles. The van der Waals surface area contributed by atoms with Crippen LogP contribution in [-0.4, -0.2) is 14.9 Å². The minimum absolute atomic E-state index is 0.0283. The maximum absolute atomic E-state index is 13.9. The van der Waals surface area contributed by atoms with Crippen LogP contribution in [0.1, 0.15) is 0 Å². The van der Waals surface area contributed by atoms with Crippen molar-refractivity contribution in [3.05, 3.63) is 63.8 Å². The molecule has 0 saturated heterocycles. The van der Waals surface area contributed by atoms with E-state index >= 15 is 0 Å². The number of nitrogens with zero attached hydrogens (tertiary/aromatic N) is 2. The lowest BCUT2D eigenvalue weighted by Crippen LogP contribution is -2.22. The molecule has 0 unspecified atom stereocenters. The fraction of sp³-hybridized carbons (Fsp3) is 0. The normalized spacial score (nSPS) is 10.9. The second-order valence-electron chi connectivity index (χ2n) is 4.20. The third-order valence-electron chi connectivity index (χ3n) is 2.95. The third-order valence-corrected chi connectivity index (χ3v) is 3.19. The molecule has 0 aliphatic rings. The molecule has 2 aromatic carbocycles. The van der Waals surface area contributed by atoms with E-state index in [1.165, 1.54) is 24.3 Å². The van der Waals surface area contributed by atoms with E-state index in [4.69, 9.17) is 11.6 Å². The maximum atomic E-state index is 13.9. The number of aromatic nitrogens is 2. The minimum Gasteiger partial charge on any atom is -0.424 e. The molecule has 6 heteroatoms. The molecule has 0 bridgehead atoms. The highest BCUT2D eigenvalue weighted by molar-refractivity contribution is 6.31. The Morgan fingerprint density at radius 1 is 1.20 bits per heavy atom. The van der Waals surface area contributed by atoms with Crippen molar-refractivity contribution in [1.82, 2.24) is 9.71 Å². The van der Waals surface area contributed by atoms with Crippen molar-refractivity contribution in [3.63, 3.8) is 0 Å². The number of hydrogen-bond acceptors (Lipinski definition) is 3. The molecule has 3 aromatic rings. The van der Waals surface area contributed by atoms with E-state index in [0.29, 0.717) is 20.7 Å². The topological polar surface area (TPSA) is 55.1 Å². The molecule has 0 spiro atoms. The van der Waals surface area contributed by atoms with Gasteiger partial charge in [0, 0.05) is 16.0 Å². The molecule has 3 rings (SSSR count). The molecule has 4 nitrogen and oxygen atoms in total. The second kappa shape index (κ2) is 4.61. The van der Waals surface area contributed by atoms with Crippen LogP contribution in [0.4, 0.5) is 4.39 Å². The molecule has 1 heterocycles. The van der Waals surface area contributed by atoms with E-state index in [1.54, 1.807) is 18.2 Å². The van der Waals surface area contributed by atoms with Crippen LogP contribution in [0.2, 0.25) is 5.02 Å². The molecule has 100 valence electrons. The zero-order valence-electron chi connectivity index (χ0n) is 10.0. The largest absolute Gasteiger partial charge is 0.424 e. The number of halogens is 2. The Labute approximate surface area is 117 Å². The van der Waals surface area contributed by atoms with Crippen LogP contribution in [0, 0.1) is 5.82 Å². The standard InChI is InChI=1S/C14H8ClFN2O2/c15-8-5-6-12-10(7-8)13(18(20)14(19)17-12)9-3-1-2-4-11(9)16/h1-7,20H. The van der Waals surface area contributed by atoms with Gasteiger partial charge in [-0.15, -0.1) is 4.73 Å². The third kappa shape index (κ3) is 1.92. The van der Waals surface area contributed by atoms with E-state index in [1.807, 2.05) is 0 Å². The Balaban J connectivity index is 2.51. The number of rotatable bonds is 1. The van der Waals surface area contributed by atoms with Gasteiger partial charge in [0.1, 0.15) is 11.5 Å². The quantitative estimate of drug-likeness (QED) is 0.701. The monoisotopic (exact) mass is 290 g/mol. The first-order valence-electron chi connectivity index (χ1n) is 5.74. The first-order chi connectivity index (χ1) is 9.58. The fourth-order valence-corrected chi connectivity index (χ4v) is 2.24. The Morgan fingerprint density at radius 2 is 1.95 bits per heavy atom.